The summed E-state index contributed by atoms with van der Waals surface area (Å²) in [5.74, 6) is -3.97. The van der Waals surface area contributed by atoms with Crippen LogP contribution in [0.4, 0.5) is 0 Å². The van der Waals surface area contributed by atoms with E-state index < -0.39 is 17.9 Å². The Bertz CT molecular complexity index is 335. The number of hydrogen-bond donors (Lipinski definition) is 2. The molecule has 0 aliphatic rings. The van der Waals surface area contributed by atoms with Gasteiger partial charge in [0, 0.05) is 0 Å². The van der Waals surface area contributed by atoms with Gasteiger partial charge in [0.1, 0.15) is 0 Å². The maximum atomic E-state index is 10.6. The Labute approximate surface area is 141 Å². The van der Waals surface area contributed by atoms with Gasteiger partial charge in [-0.15, -0.1) is 0 Å². The van der Waals surface area contributed by atoms with Gasteiger partial charge in [-0.1, -0.05) is 30.3 Å². The van der Waals surface area contributed by atoms with Crippen molar-refractivity contribution in [3.05, 3.63) is 35.9 Å². The Balaban J connectivity index is -0.000000245. The third-order valence-electron chi connectivity index (χ3n) is 1.88. The molecule has 2 N–H and O–H groups in total. The van der Waals surface area contributed by atoms with E-state index in [0.717, 1.165) is 0 Å². The summed E-state index contributed by atoms with van der Waals surface area (Å²) in [6.45, 7) is 0. The molecule has 0 heterocycles. The first-order valence-corrected chi connectivity index (χ1v) is 4.11. The summed E-state index contributed by atoms with van der Waals surface area (Å²) >= 11 is 0. The maximum Gasteiger partial charge on any atom is 1.00 e. The Morgan fingerprint density at radius 3 is 1.88 bits per heavy atom. The molecule has 1 aromatic carbocycles. The quantitative estimate of drug-likeness (QED) is 0.411. The SMILES string of the molecule is O=C(O)C(Cc1ccccc1)C(=O)O.[H-].[H-].[Na+].[Na+]. The van der Waals surface area contributed by atoms with Crippen molar-refractivity contribution in [3.8, 4) is 0 Å². The van der Waals surface area contributed by atoms with Crippen molar-refractivity contribution in [1.29, 1.82) is 0 Å². The third-order valence-corrected chi connectivity index (χ3v) is 1.88. The molecular weight excluding hydrogens is 230 g/mol. The van der Waals surface area contributed by atoms with Gasteiger partial charge in [-0.25, -0.2) is 0 Å². The van der Waals surface area contributed by atoms with Gasteiger partial charge in [0.2, 0.25) is 0 Å². The monoisotopic (exact) mass is 242 g/mol. The van der Waals surface area contributed by atoms with Crippen molar-refractivity contribution in [2.24, 2.45) is 5.92 Å². The second-order valence-electron chi connectivity index (χ2n) is 2.92. The summed E-state index contributed by atoms with van der Waals surface area (Å²) in [4.78, 5) is 21.1. The molecule has 0 saturated carbocycles. The molecule has 0 saturated heterocycles. The molecule has 0 aromatic heterocycles. The number of benzene rings is 1. The van der Waals surface area contributed by atoms with Crippen molar-refractivity contribution in [2.45, 2.75) is 6.42 Å². The summed E-state index contributed by atoms with van der Waals surface area (Å²) in [5, 5.41) is 17.2. The van der Waals surface area contributed by atoms with E-state index in [1.165, 1.54) is 0 Å². The van der Waals surface area contributed by atoms with Crippen LogP contribution in [0.15, 0.2) is 30.3 Å². The van der Waals surface area contributed by atoms with Gasteiger partial charge in [-0.2, -0.15) is 0 Å². The Kier molecular flexibility index (Phi) is 10.7. The molecule has 0 aliphatic heterocycles. The van der Waals surface area contributed by atoms with Crippen LogP contribution in [0.2, 0.25) is 0 Å². The summed E-state index contributed by atoms with van der Waals surface area (Å²) in [6, 6.07) is 8.70. The van der Waals surface area contributed by atoms with Gasteiger partial charge in [-0.05, 0) is 12.0 Å². The van der Waals surface area contributed by atoms with E-state index in [4.69, 9.17) is 10.2 Å². The van der Waals surface area contributed by atoms with Crippen LogP contribution in [-0.4, -0.2) is 22.2 Å². The summed E-state index contributed by atoms with van der Waals surface area (Å²) in [6.07, 6.45) is 0.0194. The number of hydrogen-bond acceptors (Lipinski definition) is 2. The predicted octanol–water partition coefficient (Wildman–Crippen LogP) is -4.75. The Morgan fingerprint density at radius 1 is 1.06 bits per heavy atom. The molecule has 0 amide bonds. The third kappa shape index (κ3) is 6.03. The zero-order valence-electron chi connectivity index (χ0n) is 11.4. The van der Waals surface area contributed by atoms with E-state index >= 15 is 0 Å². The second-order valence-corrected chi connectivity index (χ2v) is 2.92. The fourth-order valence-corrected chi connectivity index (χ4v) is 1.13. The molecule has 16 heavy (non-hydrogen) atoms. The number of carboxylic acid groups (broad SMARTS) is 2. The largest absolute Gasteiger partial charge is 1.00 e. The van der Waals surface area contributed by atoms with Crippen molar-refractivity contribution >= 4 is 11.9 Å². The van der Waals surface area contributed by atoms with E-state index in [1.807, 2.05) is 0 Å². The minimum Gasteiger partial charge on any atom is -1.00 e. The number of rotatable bonds is 4. The van der Waals surface area contributed by atoms with Crippen molar-refractivity contribution in [2.75, 3.05) is 0 Å². The molecule has 0 bridgehead atoms. The van der Waals surface area contributed by atoms with E-state index in [0.29, 0.717) is 5.56 Å². The fraction of sp³-hybridized carbons (Fsp3) is 0.200. The topological polar surface area (TPSA) is 74.6 Å². The molecule has 4 nitrogen and oxygen atoms in total. The zero-order chi connectivity index (χ0) is 10.6. The predicted molar refractivity (Wildman–Crippen MR) is 51.1 cm³/mol. The van der Waals surface area contributed by atoms with Crippen LogP contribution in [0.5, 0.6) is 0 Å². The van der Waals surface area contributed by atoms with Gasteiger partial charge in [0.05, 0.1) is 0 Å². The molecular formula is C10H12Na2O4. The Hall–Kier alpha value is 0.160. The maximum absolute atomic E-state index is 10.6. The average Bonchev–Trinajstić information content (AvgIpc) is 2.15. The molecule has 1 aromatic rings. The van der Waals surface area contributed by atoms with Crippen LogP contribution in [-0.2, 0) is 16.0 Å². The zero-order valence-corrected chi connectivity index (χ0v) is 13.4. The van der Waals surface area contributed by atoms with Gasteiger partial charge >= 0.3 is 71.1 Å². The van der Waals surface area contributed by atoms with Gasteiger partial charge in [0.25, 0.3) is 0 Å². The minimum atomic E-state index is -1.36. The minimum absolute atomic E-state index is 0. The van der Waals surface area contributed by atoms with Crippen LogP contribution < -0.4 is 59.1 Å². The summed E-state index contributed by atoms with van der Waals surface area (Å²) in [5.41, 5.74) is 0.710. The van der Waals surface area contributed by atoms with Gasteiger partial charge in [0.15, 0.2) is 5.92 Å². The normalized spacial score (nSPS) is 8.81. The Morgan fingerprint density at radius 2 is 1.50 bits per heavy atom. The summed E-state index contributed by atoms with van der Waals surface area (Å²) < 4.78 is 0. The van der Waals surface area contributed by atoms with Crippen LogP contribution in [0.25, 0.3) is 0 Å². The second kappa shape index (κ2) is 9.22. The van der Waals surface area contributed by atoms with Crippen molar-refractivity contribution in [3.63, 3.8) is 0 Å². The molecule has 0 aliphatic carbocycles. The molecule has 0 fully saturated rings. The first-order chi connectivity index (χ1) is 6.61. The van der Waals surface area contributed by atoms with Crippen LogP contribution in [0.1, 0.15) is 8.42 Å². The van der Waals surface area contributed by atoms with Gasteiger partial charge < -0.3 is 13.1 Å². The molecule has 0 atom stereocenters. The first kappa shape index (κ1) is 18.5. The van der Waals surface area contributed by atoms with E-state index in [9.17, 15) is 9.59 Å². The fourth-order valence-electron chi connectivity index (χ4n) is 1.13. The number of aliphatic carboxylic acids is 2. The standard InChI is InChI=1S/C10H10O4.2Na.2H/c11-9(12)8(10(13)14)6-7-4-2-1-3-5-7;;;;/h1-5,8H,6H2,(H,11,12)(H,13,14);;;;/q;2*+1;2*-1. The molecule has 1 rings (SSSR count). The average molecular weight is 242 g/mol. The van der Waals surface area contributed by atoms with Crippen LogP contribution in [0.3, 0.4) is 0 Å². The number of carbonyl (C=O) groups is 2. The van der Waals surface area contributed by atoms with E-state index in [-0.39, 0.29) is 68.4 Å². The number of carboxylic acids is 2. The van der Waals surface area contributed by atoms with Crippen molar-refractivity contribution in [1.82, 2.24) is 0 Å². The van der Waals surface area contributed by atoms with E-state index in [2.05, 4.69) is 0 Å². The molecule has 0 spiro atoms. The van der Waals surface area contributed by atoms with Crippen LogP contribution >= 0.6 is 0 Å². The van der Waals surface area contributed by atoms with Gasteiger partial charge in [-0.3, -0.25) is 9.59 Å². The first-order valence-electron chi connectivity index (χ1n) is 4.11. The van der Waals surface area contributed by atoms with Crippen LogP contribution in [0, 0.1) is 5.92 Å². The molecule has 0 unspecified atom stereocenters. The molecule has 78 valence electrons. The van der Waals surface area contributed by atoms with Crippen molar-refractivity contribution < 1.29 is 81.8 Å². The molecule has 6 heteroatoms. The van der Waals surface area contributed by atoms with E-state index in [1.54, 1.807) is 30.3 Å². The summed E-state index contributed by atoms with van der Waals surface area (Å²) in [7, 11) is 0. The molecule has 0 radical (unpaired) electrons. The smallest absolute Gasteiger partial charge is 1.00 e.